The molecule has 1 rings (SSSR count). The number of hydrogen-bond acceptors (Lipinski definition) is 3. The molecule has 4 nitrogen and oxygen atoms in total. The number of ketones is 1. The number of allylic oxidation sites excluding steroid dienone is 1. The van der Waals surface area contributed by atoms with E-state index in [1.165, 1.54) is 0 Å². The Morgan fingerprint density at radius 2 is 2.06 bits per heavy atom. The third-order valence-electron chi connectivity index (χ3n) is 2.83. The number of alkyl carbamates (subject to hydrolysis) is 1. The van der Waals surface area contributed by atoms with E-state index in [1.807, 2.05) is 39.8 Å². The Morgan fingerprint density at radius 3 is 2.61 bits per heavy atom. The average Bonchev–Trinajstić information content (AvgIpc) is 2.25. The van der Waals surface area contributed by atoms with Crippen LogP contribution >= 0.6 is 0 Å². The molecule has 0 radical (unpaired) electrons. The third-order valence-corrected chi connectivity index (χ3v) is 2.83. The quantitative estimate of drug-likeness (QED) is 0.787. The molecule has 1 amide bonds. The first-order valence-electron chi connectivity index (χ1n) is 6.50. The second-order valence-corrected chi connectivity index (χ2v) is 5.67. The summed E-state index contributed by atoms with van der Waals surface area (Å²) in [5, 5.41) is 2.78. The lowest BCUT2D eigenvalue weighted by molar-refractivity contribution is -0.122. The first-order valence-corrected chi connectivity index (χ1v) is 6.50. The lowest BCUT2D eigenvalue weighted by atomic mass is 9.87. The van der Waals surface area contributed by atoms with Crippen LogP contribution in [0, 0.1) is 5.92 Å². The Balaban J connectivity index is 2.48. The minimum atomic E-state index is -0.499. The van der Waals surface area contributed by atoms with Crippen LogP contribution in [0.2, 0.25) is 0 Å². The zero-order chi connectivity index (χ0) is 13.8. The van der Waals surface area contributed by atoms with Crippen molar-refractivity contribution in [3.8, 4) is 0 Å². The largest absolute Gasteiger partial charge is 0.444 e. The van der Waals surface area contributed by atoms with E-state index in [9.17, 15) is 9.59 Å². The summed E-state index contributed by atoms with van der Waals surface area (Å²) in [6.45, 7) is 7.35. The Morgan fingerprint density at radius 1 is 1.39 bits per heavy atom. The van der Waals surface area contributed by atoms with Gasteiger partial charge in [0.1, 0.15) is 11.4 Å². The predicted octanol–water partition coefficient (Wildman–Crippen LogP) is 2.83. The van der Waals surface area contributed by atoms with Gasteiger partial charge in [-0.25, -0.2) is 4.79 Å². The van der Waals surface area contributed by atoms with Gasteiger partial charge in [0.25, 0.3) is 0 Å². The first kappa shape index (κ1) is 14.7. The summed E-state index contributed by atoms with van der Waals surface area (Å²) in [6.07, 6.45) is 5.47. The Hall–Kier alpha value is -1.32. The summed E-state index contributed by atoms with van der Waals surface area (Å²) < 4.78 is 5.19. The van der Waals surface area contributed by atoms with Gasteiger partial charge in [0.05, 0.1) is 6.04 Å². The molecule has 0 aliphatic heterocycles. The van der Waals surface area contributed by atoms with E-state index in [-0.39, 0.29) is 17.7 Å². The monoisotopic (exact) mass is 253 g/mol. The Labute approximate surface area is 109 Å². The summed E-state index contributed by atoms with van der Waals surface area (Å²) in [5.74, 6) is 0.287. The molecule has 0 saturated heterocycles. The maximum Gasteiger partial charge on any atom is 0.408 e. The van der Waals surface area contributed by atoms with Gasteiger partial charge >= 0.3 is 6.09 Å². The molecule has 0 fully saturated rings. The highest BCUT2D eigenvalue weighted by molar-refractivity contribution is 5.81. The molecule has 2 atom stereocenters. The van der Waals surface area contributed by atoms with E-state index in [0.29, 0.717) is 12.8 Å². The molecule has 2 unspecified atom stereocenters. The lowest BCUT2D eigenvalue weighted by Crippen LogP contribution is -2.40. The maximum absolute atomic E-state index is 11.6. The van der Waals surface area contributed by atoms with Crippen LogP contribution in [-0.2, 0) is 9.53 Å². The fourth-order valence-corrected chi connectivity index (χ4v) is 2.01. The molecule has 0 aromatic rings. The number of hydrogen-bond donors (Lipinski definition) is 1. The average molecular weight is 253 g/mol. The number of rotatable bonds is 3. The Kier molecular flexibility index (Phi) is 4.93. The summed E-state index contributed by atoms with van der Waals surface area (Å²) in [6, 6.07) is -0.103. The van der Waals surface area contributed by atoms with Crippen molar-refractivity contribution in [2.45, 2.75) is 58.6 Å². The molecule has 0 heterocycles. The van der Waals surface area contributed by atoms with Gasteiger partial charge < -0.3 is 10.1 Å². The molecule has 0 aromatic heterocycles. The van der Waals surface area contributed by atoms with Gasteiger partial charge in [-0.1, -0.05) is 19.1 Å². The zero-order valence-electron chi connectivity index (χ0n) is 11.7. The van der Waals surface area contributed by atoms with Crippen molar-refractivity contribution in [3.05, 3.63) is 12.2 Å². The van der Waals surface area contributed by atoms with Crippen LogP contribution in [0.15, 0.2) is 12.2 Å². The molecule has 18 heavy (non-hydrogen) atoms. The SMILES string of the molecule is CCC(=O)C1CC=CC(NC(=O)OC(C)(C)C)C1. The summed E-state index contributed by atoms with van der Waals surface area (Å²) in [7, 11) is 0. The zero-order valence-corrected chi connectivity index (χ0v) is 11.7. The van der Waals surface area contributed by atoms with Crippen molar-refractivity contribution in [2.24, 2.45) is 5.92 Å². The molecule has 0 aromatic carbocycles. The highest BCUT2D eigenvalue weighted by atomic mass is 16.6. The molecule has 0 saturated carbocycles. The van der Waals surface area contributed by atoms with Gasteiger partial charge in [0.2, 0.25) is 0 Å². The van der Waals surface area contributed by atoms with E-state index >= 15 is 0 Å². The molecule has 1 N–H and O–H groups in total. The van der Waals surface area contributed by atoms with Gasteiger partial charge in [-0.05, 0) is 33.6 Å². The minimum Gasteiger partial charge on any atom is -0.444 e. The molecule has 102 valence electrons. The van der Waals surface area contributed by atoms with Crippen molar-refractivity contribution in [2.75, 3.05) is 0 Å². The van der Waals surface area contributed by atoms with E-state index in [4.69, 9.17) is 4.74 Å². The summed E-state index contributed by atoms with van der Waals surface area (Å²) >= 11 is 0. The van der Waals surface area contributed by atoms with Gasteiger partial charge in [-0.3, -0.25) is 4.79 Å². The number of Topliss-reactive ketones (excluding diaryl/α,β-unsaturated/α-hetero) is 1. The second-order valence-electron chi connectivity index (χ2n) is 5.67. The standard InChI is InChI=1S/C14H23NO3/c1-5-12(16)10-7-6-8-11(9-10)15-13(17)18-14(2,3)4/h6,8,10-11H,5,7,9H2,1-4H3,(H,15,17). The topological polar surface area (TPSA) is 55.4 Å². The second kappa shape index (κ2) is 6.03. The maximum atomic E-state index is 11.6. The summed E-state index contributed by atoms with van der Waals surface area (Å²) in [4.78, 5) is 23.3. The molecule has 4 heteroatoms. The van der Waals surface area contributed by atoms with Crippen LogP contribution in [0.1, 0.15) is 47.0 Å². The van der Waals surface area contributed by atoms with Gasteiger partial charge in [-0.15, -0.1) is 0 Å². The van der Waals surface area contributed by atoms with Crippen molar-refractivity contribution in [1.29, 1.82) is 0 Å². The number of carbonyl (C=O) groups excluding carboxylic acids is 2. The molecule has 1 aliphatic carbocycles. The molecule has 0 spiro atoms. The fraction of sp³-hybridized carbons (Fsp3) is 0.714. The lowest BCUT2D eigenvalue weighted by Gasteiger charge is -2.26. The van der Waals surface area contributed by atoms with Crippen LogP contribution in [0.4, 0.5) is 4.79 Å². The van der Waals surface area contributed by atoms with Crippen LogP contribution < -0.4 is 5.32 Å². The van der Waals surface area contributed by atoms with E-state index in [2.05, 4.69) is 5.32 Å². The third kappa shape index (κ3) is 4.90. The minimum absolute atomic E-state index is 0.0277. The van der Waals surface area contributed by atoms with Crippen LogP contribution in [0.5, 0.6) is 0 Å². The normalized spacial score (nSPS) is 23.6. The molecular weight excluding hydrogens is 230 g/mol. The van der Waals surface area contributed by atoms with Crippen LogP contribution in [-0.4, -0.2) is 23.5 Å². The van der Waals surface area contributed by atoms with E-state index in [0.717, 1.165) is 6.42 Å². The van der Waals surface area contributed by atoms with Gasteiger partial charge in [0, 0.05) is 12.3 Å². The fourth-order valence-electron chi connectivity index (χ4n) is 2.01. The number of amides is 1. The van der Waals surface area contributed by atoms with Crippen molar-refractivity contribution < 1.29 is 14.3 Å². The number of ether oxygens (including phenoxy) is 1. The van der Waals surface area contributed by atoms with Crippen molar-refractivity contribution >= 4 is 11.9 Å². The highest BCUT2D eigenvalue weighted by Crippen LogP contribution is 2.21. The van der Waals surface area contributed by atoms with Crippen molar-refractivity contribution in [1.82, 2.24) is 5.32 Å². The van der Waals surface area contributed by atoms with E-state index in [1.54, 1.807) is 0 Å². The number of carbonyl (C=O) groups is 2. The highest BCUT2D eigenvalue weighted by Gasteiger charge is 2.25. The number of nitrogens with one attached hydrogen (secondary N) is 1. The van der Waals surface area contributed by atoms with Crippen LogP contribution in [0.25, 0.3) is 0 Å². The summed E-state index contributed by atoms with van der Waals surface area (Å²) in [5.41, 5.74) is -0.499. The predicted molar refractivity (Wildman–Crippen MR) is 70.3 cm³/mol. The van der Waals surface area contributed by atoms with Gasteiger partial charge in [-0.2, -0.15) is 0 Å². The molecular formula is C14H23NO3. The van der Waals surface area contributed by atoms with Crippen molar-refractivity contribution in [3.63, 3.8) is 0 Å². The van der Waals surface area contributed by atoms with Crippen LogP contribution in [0.3, 0.4) is 0 Å². The smallest absolute Gasteiger partial charge is 0.408 e. The Bertz CT molecular complexity index is 341. The van der Waals surface area contributed by atoms with E-state index < -0.39 is 11.7 Å². The van der Waals surface area contributed by atoms with Gasteiger partial charge in [0.15, 0.2) is 0 Å². The molecule has 0 bridgehead atoms. The first-order chi connectivity index (χ1) is 8.31. The molecule has 1 aliphatic rings.